The predicted molar refractivity (Wildman–Crippen MR) is 68.7 cm³/mol. The van der Waals surface area contributed by atoms with Gasteiger partial charge in [0.25, 0.3) is 0 Å². The molecule has 0 radical (unpaired) electrons. The minimum Gasteiger partial charge on any atom is -0.396 e. The molecule has 90 valence electrons. The Labute approximate surface area is 98.7 Å². The van der Waals surface area contributed by atoms with E-state index < -0.39 is 0 Å². The Balaban J connectivity index is 2.63. The van der Waals surface area contributed by atoms with Crippen molar-refractivity contribution in [3.8, 4) is 0 Å². The Morgan fingerprint density at radius 1 is 1.12 bits per heavy atom. The molecule has 2 N–H and O–H groups in total. The van der Waals surface area contributed by atoms with Crippen molar-refractivity contribution in [2.45, 2.75) is 46.7 Å². The normalized spacial score (nSPS) is 12.8. The second-order valence-corrected chi connectivity index (χ2v) is 4.66. The number of rotatable bonds is 5. The van der Waals surface area contributed by atoms with Gasteiger partial charge in [0.15, 0.2) is 0 Å². The molecule has 0 aliphatic carbocycles. The number of hydrogen-bond acceptors (Lipinski definition) is 2. The quantitative estimate of drug-likeness (QED) is 0.800. The highest BCUT2D eigenvalue weighted by atomic mass is 16.3. The maximum atomic E-state index is 8.83. The molecule has 0 aromatic heterocycles. The van der Waals surface area contributed by atoms with Gasteiger partial charge >= 0.3 is 0 Å². The van der Waals surface area contributed by atoms with Crippen LogP contribution in [0.2, 0.25) is 0 Å². The molecular formula is C14H23NO. The SMILES string of the molecule is Cc1cc(C)c(CNC(C)CCO)cc1C. The van der Waals surface area contributed by atoms with Gasteiger partial charge in [0.05, 0.1) is 0 Å². The van der Waals surface area contributed by atoms with Crippen LogP contribution in [-0.2, 0) is 6.54 Å². The maximum Gasteiger partial charge on any atom is 0.0445 e. The Kier molecular flexibility index (Phi) is 4.97. The van der Waals surface area contributed by atoms with Crippen LogP contribution in [0.5, 0.6) is 0 Å². The second kappa shape index (κ2) is 6.02. The fourth-order valence-corrected chi connectivity index (χ4v) is 1.79. The molecular weight excluding hydrogens is 198 g/mol. The van der Waals surface area contributed by atoms with Crippen molar-refractivity contribution in [1.29, 1.82) is 0 Å². The van der Waals surface area contributed by atoms with Crippen LogP contribution in [-0.4, -0.2) is 17.8 Å². The summed E-state index contributed by atoms with van der Waals surface area (Å²) >= 11 is 0. The molecule has 1 atom stereocenters. The molecule has 0 heterocycles. The molecule has 1 aromatic carbocycles. The molecule has 1 unspecified atom stereocenters. The molecule has 2 nitrogen and oxygen atoms in total. The molecule has 0 aliphatic rings. The standard InChI is InChI=1S/C14H23NO/c1-10-7-12(3)14(8-11(10)2)9-15-13(4)5-6-16/h7-8,13,15-16H,5-6,9H2,1-4H3. The molecule has 0 aliphatic heterocycles. The molecule has 1 rings (SSSR count). The van der Waals surface area contributed by atoms with Crippen LogP contribution in [0, 0.1) is 20.8 Å². The maximum absolute atomic E-state index is 8.83. The van der Waals surface area contributed by atoms with Crippen LogP contribution in [0.3, 0.4) is 0 Å². The second-order valence-electron chi connectivity index (χ2n) is 4.66. The van der Waals surface area contributed by atoms with Gasteiger partial charge in [-0.15, -0.1) is 0 Å². The Hall–Kier alpha value is -0.860. The third kappa shape index (κ3) is 3.62. The zero-order chi connectivity index (χ0) is 12.1. The van der Waals surface area contributed by atoms with Gasteiger partial charge in [-0.1, -0.05) is 12.1 Å². The largest absolute Gasteiger partial charge is 0.396 e. The predicted octanol–water partition coefficient (Wildman–Crippen LogP) is 2.47. The summed E-state index contributed by atoms with van der Waals surface area (Å²) < 4.78 is 0. The minimum absolute atomic E-state index is 0.250. The highest BCUT2D eigenvalue weighted by molar-refractivity contribution is 5.36. The van der Waals surface area contributed by atoms with Crippen molar-refractivity contribution in [3.05, 3.63) is 34.4 Å². The van der Waals surface area contributed by atoms with Crippen LogP contribution in [0.4, 0.5) is 0 Å². The first-order chi connectivity index (χ1) is 7.54. The van der Waals surface area contributed by atoms with Crippen LogP contribution in [0.1, 0.15) is 35.6 Å². The van der Waals surface area contributed by atoms with Crippen molar-refractivity contribution in [1.82, 2.24) is 5.32 Å². The number of benzene rings is 1. The number of aliphatic hydroxyl groups excluding tert-OH is 1. The van der Waals surface area contributed by atoms with E-state index >= 15 is 0 Å². The summed E-state index contributed by atoms with van der Waals surface area (Å²) in [5, 5.41) is 12.3. The van der Waals surface area contributed by atoms with E-state index in [1.165, 1.54) is 22.3 Å². The van der Waals surface area contributed by atoms with Gasteiger partial charge in [-0.05, 0) is 56.4 Å². The first-order valence-electron chi connectivity index (χ1n) is 5.95. The van der Waals surface area contributed by atoms with Crippen molar-refractivity contribution < 1.29 is 5.11 Å². The molecule has 0 spiro atoms. The minimum atomic E-state index is 0.250. The molecule has 0 fully saturated rings. The molecule has 1 aromatic rings. The van der Waals surface area contributed by atoms with Crippen molar-refractivity contribution in [2.24, 2.45) is 0 Å². The van der Waals surface area contributed by atoms with Crippen LogP contribution in [0.15, 0.2) is 12.1 Å². The van der Waals surface area contributed by atoms with Gasteiger partial charge < -0.3 is 10.4 Å². The van der Waals surface area contributed by atoms with E-state index in [0.717, 1.165) is 13.0 Å². The first kappa shape index (κ1) is 13.2. The van der Waals surface area contributed by atoms with E-state index in [2.05, 4.69) is 45.1 Å². The Morgan fingerprint density at radius 2 is 1.75 bits per heavy atom. The highest BCUT2D eigenvalue weighted by Gasteiger charge is 2.04. The summed E-state index contributed by atoms with van der Waals surface area (Å²) in [5.41, 5.74) is 5.39. The summed E-state index contributed by atoms with van der Waals surface area (Å²) in [7, 11) is 0. The summed E-state index contributed by atoms with van der Waals surface area (Å²) in [6.45, 7) is 9.68. The fourth-order valence-electron chi connectivity index (χ4n) is 1.79. The van der Waals surface area contributed by atoms with Gasteiger partial charge in [-0.3, -0.25) is 0 Å². The third-order valence-corrected chi connectivity index (χ3v) is 3.16. The summed E-state index contributed by atoms with van der Waals surface area (Å²) in [6.07, 6.45) is 0.809. The lowest BCUT2D eigenvalue weighted by Gasteiger charge is -2.15. The fraction of sp³-hybridized carbons (Fsp3) is 0.571. The van der Waals surface area contributed by atoms with E-state index in [4.69, 9.17) is 5.11 Å². The zero-order valence-electron chi connectivity index (χ0n) is 10.8. The summed E-state index contributed by atoms with van der Waals surface area (Å²) in [4.78, 5) is 0. The number of hydrogen-bond donors (Lipinski definition) is 2. The zero-order valence-corrected chi connectivity index (χ0v) is 10.8. The monoisotopic (exact) mass is 221 g/mol. The molecule has 0 amide bonds. The molecule has 0 saturated carbocycles. The first-order valence-corrected chi connectivity index (χ1v) is 5.95. The van der Waals surface area contributed by atoms with Gasteiger partial charge in [0.1, 0.15) is 0 Å². The van der Waals surface area contributed by atoms with Crippen LogP contribution >= 0.6 is 0 Å². The topological polar surface area (TPSA) is 32.3 Å². The average molecular weight is 221 g/mol. The van der Waals surface area contributed by atoms with Gasteiger partial charge in [-0.25, -0.2) is 0 Å². The lowest BCUT2D eigenvalue weighted by atomic mass is 10.0. The van der Waals surface area contributed by atoms with E-state index in [1.807, 2.05) is 0 Å². The molecule has 0 bridgehead atoms. The average Bonchev–Trinajstić information content (AvgIpc) is 2.22. The third-order valence-electron chi connectivity index (χ3n) is 3.16. The van der Waals surface area contributed by atoms with Gasteiger partial charge in [-0.2, -0.15) is 0 Å². The molecule has 16 heavy (non-hydrogen) atoms. The van der Waals surface area contributed by atoms with Crippen LogP contribution in [0.25, 0.3) is 0 Å². The smallest absolute Gasteiger partial charge is 0.0445 e. The molecule has 0 saturated heterocycles. The van der Waals surface area contributed by atoms with E-state index in [-0.39, 0.29) is 6.61 Å². The highest BCUT2D eigenvalue weighted by Crippen LogP contribution is 2.15. The Bertz CT molecular complexity index is 347. The van der Waals surface area contributed by atoms with Crippen molar-refractivity contribution in [2.75, 3.05) is 6.61 Å². The van der Waals surface area contributed by atoms with Gasteiger partial charge in [0, 0.05) is 19.2 Å². The van der Waals surface area contributed by atoms with E-state index in [9.17, 15) is 0 Å². The van der Waals surface area contributed by atoms with Crippen molar-refractivity contribution >= 4 is 0 Å². The van der Waals surface area contributed by atoms with Crippen molar-refractivity contribution in [3.63, 3.8) is 0 Å². The van der Waals surface area contributed by atoms with Gasteiger partial charge in [0.2, 0.25) is 0 Å². The van der Waals surface area contributed by atoms with Crippen LogP contribution < -0.4 is 5.32 Å². The summed E-state index contributed by atoms with van der Waals surface area (Å²) in [5.74, 6) is 0. The lowest BCUT2D eigenvalue weighted by molar-refractivity contribution is 0.268. The Morgan fingerprint density at radius 3 is 2.38 bits per heavy atom. The number of nitrogens with one attached hydrogen (secondary N) is 1. The number of aryl methyl sites for hydroxylation is 3. The summed E-state index contributed by atoms with van der Waals surface area (Å²) in [6, 6.07) is 4.86. The molecule has 2 heteroatoms. The lowest BCUT2D eigenvalue weighted by Crippen LogP contribution is -2.26. The van der Waals surface area contributed by atoms with E-state index in [1.54, 1.807) is 0 Å². The van der Waals surface area contributed by atoms with E-state index in [0.29, 0.717) is 6.04 Å². The number of aliphatic hydroxyl groups is 1.